The number of benzene rings is 1. The molecular weight excluding hydrogens is 336 g/mol. The highest BCUT2D eigenvalue weighted by Crippen LogP contribution is 2.20. The minimum atomic E-state index is -0.0463. The van der Waals surface area contributed by atoms with Crippen LogP contribution in [0.1, 0.15) is 38.5 Å². The lowest BCUT2D eigenvalue weighted by molar-refractivity contribution is -0.264. The lowest BCUT2D eigenvalue weighted by Gasteiger charge is -2.29. The molecule has 2 unspecified atom stereocenters. The Morgan fingerprint density at radius 1 is 0.960 bits per heavy atom. The van der Waals surface area contributed by atoms with Gasteiger partial charge in [0.25, 0.3) is 0 Å². The second-order valence-electron chi connectivity index (χ2n) is 5.84. The van der Waals surface area contributed by atoms with E-state index in [2.05, 4.69) is 11.8 Å². The van der Waals surface area contributed by atoms with Crippen molar-refractivity contribution >= 4 is 11.8 Å². The molecule has 0 spiro atoms. The summed E-state index contributed by atoms with van der Waals surface area (Å²) in [5.41, 5.74) is 0. The second kappa shape index (κ2) is 13.2. The second-order valence-corrected chi connectivity index (χ2v) is 6.89. The summed E-state index contributed by atoms with van der Waals surface area (Å²) in [5, 5.41) is 8.38. The van der Waals surface area contributed by atoms with E-state index in [0.717, 1.165) is 31.8 Å². The smallest absolute Gasteiger partial charge is 0.160 e. The summed E-state index contributed by atoms with van der Waals surface area (Å²) >= 11 is 1.68. The van der Waals surface area contributed by atoms with Crippen molar-refractivity contribution in [3.05, 3.63) is 30.3 Å². The zero-order valence-electron chi connectivity index (χ0n) is 14.7. The van der Waals surface area contributed by atoms with Crippen LogP contribution in [0, 0.1) is 11.8 Å². The van der Waals surface area contributed by atoms with E-state index in [4.69, 9.17) is 19.3 Å². The number of aliphatic hydroxyl groups is 1. The third-order valence-electron chi connectivity index (χ3n) is 3.84. The van der Waals surface area contributed by atoms with E-state index in [0.29, 0.717) is 0 Å². The molecule has 0 saturated carbocycles. The van der Waals surface area contributed by atoms with Gasteiger partial charge in [0.15, 0.2) is 12.6 Å². The molecule has 0 aliphatic carbocycles. The Balaban J connectivity index is 0.000000181. The molecule has 25 heavy (non-hydrogen) atoms. The van der Waals surface area contributed by atoms with Crippen molar-refractivity contribution in [2.75, 3.05) is 25.6 Å². The van der Waals surface area contributed by atoms with E-state index in [9.17, 15) is 0 Å². The van der Waals surface area contributed by atoms with Gasteiger partial charge >= 0.3 is 0 Å². The zero-order valence-corrected chi connectivity index (χ0v) is 15.5. The van der Waals surface area contributed by atoms with Crippen LogP contribution in [0.3, 0.4) is 0 Å². The Morgan fingerprint density at radius 2 is 1.60 bits per heavy atom. The van der Waals surface area contributed by atoms with Crippen LogP contribution in [0.4, 0.5) is 0 Å². The monoisotopic (exact) mass is 364 g/mol. The molecule has 0 aromatic heterocycles. The molecule has 2 atom stereocenters. The van der Waals surface area contributed by atoms with E-state index < -0.39 is 0 Å². The van der Waals surface area contributed by atoms with Gasteiger partial charge in [0.05, 0.1) is 5.75 Å². The van der Waals surface area contributed by atoms with Crippen molar-refractivity contribution in [2.24, 2.45) is 0 Å². The number of hydrogen-bond donors (Lipinski definition) is 1. The molecule has 138 valence electrons. The van der Waals surface area contributed by atoms with Crippen LogP contribution in [0.2, 0.25) is 0 Å². The first kappa shape index (κ1) is 20.3. The maximum atomic E-state index is 8.38. The number of rotatable bonds is 4. The lowest BCUT2D eigenvalue weighted by atomic mass is 10.2. The summed E-state index contributed by atoms with van der Waals surface area (Å²) in [7, 11) is 0. The van der Waals surface area contributed by atoms with E-state index in [1.807, 2.05) is 30.3 Å². The molecule has 2 aliphatic rings. The van der Waals surface area contributed by atoms with Gasteiger partial charge in [-0.3, -0.25) is 0 Å². The van der Waals surface area contributed by atoms with Crippen molar-refractivity contribution < 1.29 is 19.3 Å². The molecule has 2 fully saturated rings. The van der Waals surface area contributed by atoms with Crippen LogP contribution >= 0.6 is 11.8 Å². The molecule has 2 saturated heterocycles. The van der Waals surface area contributed by atoms with Gasteiger partial charge in [0.1, 0.15) is 6.61 Å². The highest BCUT2D eigenvalue weighted by Gasteiger charge is 2.21. The van der Waals surface area contributed by atoms with E-state index >= 15 is 0 Å². The highest BCUT2D eigenvalue weighted by molar-refractivity contribution is 7.99. The minimum Gasteiger partial charge on any atom is -0.384 e. The summed E-state index contributed by atoms with van der Waals surface area (Å²) in [6.45, 7) is 1.64. The Labute approximate surface area is 155 Å². The molecule has 5 heteroatoms. The standard InChI is InChI=1S/C10H18O3.C10H10OS/c1-3-7-11-9(5-1)13-10-6-2-4-8-12-10;11-8-4-5-9-12-10-6-2-1-3-7-10/h9-10H,1-8H2;1-3,6-7,11H,8-9H2. The van der Waals surface area contributed by atoms with Crippen molar-refractivity contribution in [1.82, 2.24) is 0 Å². The molecule has 0 bridgehead atoms. The van der Waals surface area contributed by atoms with Gasteiger partial charge in [0.2, 0.25) is 0 Å². The average Bonchev–Trinajstić information content (AvgIpc) is 2.68. The molecule has 2 heterocycles. The molecule has 0 amide bonds. The zero-order chi connectivity index (χ0) is 17.6. The maximum Gasteiger partial charge on any atom is 0.160 e. The topological polar surface area (TPSA) is 47.9 Å². The largest absolute Gasteiger partial charge is 0.384 e. The van der Waals surface area contributed by atoms with Crippen LogP contribution in [0.5, 0.6) is 0 Å². The lowest BCUT2D eigenvalue weighted by Crippen LogP contribution is -2.31. The number of thioether (sulfide) groups is 1. The SMILES string of the molecule is C1CCC(OC2CCCCO2)OC1.OCC#CCSc1ccccc1. The molecule has 1 N–H and O–H groups in total. The molecule has 4 nitrogen and oxygen atoms in total. The number of aliphatic hydroxyl groups excluding tert-OH is 1. The van der Waals surface area contributed by atoms with Gasteiger partial charge in [-0.05, 0) is 50.7 Å². The van der Waals surface area contributed by atoms with Gasteiger partial charge < -0.3 is 19.3 Å². The van der Waals surface area contributed by atoms with Crippen LogP contribution in [-0.2, 0) is 14.2 Å². The van der Waals surface area contributed by atoms with Gasteiger partial charge in [-0.2, -0.15) is 0 Å². The Morgan fingerprint density at radius 3 is 2.12 bits per heavy atom. The van der Waals surface area contributed by atoms with Crippen molar-refractivity contribution in [3.8, 4) is 11.8 Å². The minimum absolute atomic E-state index is 0.00292. The van der Waals surface area contributed by atoms with Crippen LogP contribution in [0.15, 0.2) is 35.2 Å². The Hall–Kier alpha value is -1.03. The molecular formula is C20H28O4S. The Bertz CT molecular complexity index is 483. The molecule has 0 radical (unpaired) electrons. The third-order valence-corrected chi connectivity index (χ3v) is 4.73. The fourth-order valence-electron chi connectivity index (χ4n) is 2.55. The first-order valence-electron chi connectivity index (χ1n) is 9.01. The van der Waals surface area contributed by atoms with Crippen LogP contribution in [-0.4, -0.2) is 43.3 Å². The highest BCUT2D eigenvalue weighted by atomic mass is 32.2. The van der Waals surface area contributed by atoms with E-state index in [1.54, 1.807) is 11.8 Å². The molecule has 1 aromatic rings. The molecule has 1 aromatic carbocycles. The summed E-state index contributed by atoms with van der Waals surface area (Å²) < 4.78 is 16.6. The van der Waals surface area contributed by atoms with Crippen LogP contribution < -0.4 is 0 Å². The fraction of sp³-hybridized carbons (Fsp3) is 0.600. The number of ether oxygens (including phenoxy) is 3. The van der Waals surface area contributed by atoms with Crippen molar-refractivity contribution in [3.63, 3.8) is 0 Å². The predicted molar refractivity (Wildman–Crippen MR) is 100 cm³/mol. The van der Waals surface area contributed by atoms with Gasteiger partial charge in [-0.1, -0.05) is 30.0 Å². The Kier molecular flexibility index (Phi) is 10.7. The van der Waals surface area contributed by atoms with Gasteiger partial charge in [0, 0.05) is 18.1 Å². The van der Waals surface area contributed by atoms with Crippen LogP contribution in [0.25, 0.3) is 0 Å². The quantitative estimate of drug-likeness (QED) is 0.650. The van der Waals surface area contributed by atoms with Crippen molar-refractivity contribution in [2.45, 2.75) is 56.0 Å². The summed E-state index contributed by atoms with van der Waals surface area (Å²) in [6, 6.07) is 10.1. The van der Waals surface area contributed by atoms with Crippen molar-refractivity contribution in [1.29, 1.82) is 0 Å². The fourth-order valence-corrected chi connectivity index (χ4v) is 3.24. The van der Waals surface area contributed by atoms with Gasteiger partial charge in [-0.15, -0.1) is 11.8 Å². The summed E-state index contributed by atoms with van der Waals surface area (Å²) in [4.78, 5) is 1.21. The first-order valence-corrected chi connectivity index (χ1v) is 10.00. The molecule has 3 rings (SSSR count). The average molecular weight is 365 g/mol. The first-order chi connectivity index (χ1) is 12.4. The molecule has 2 aliphatic heterocycles. The predicted octanol–water partition coefficient (Wildman–Crippen LogP) is 3.83. The van der Waals surface area contributed by atoms with E-state index in [1.165, 1.54) is 30.6 Å². The summed E-state index contributed by atoms with van der Waals surface area (Å²) in [5.74, 6) is 6.19. The van der Waals surface area contributed by atoms with Gasteiger partial charge in [-0.25, -0.2) is 0 Å². The maximum absolute atomic E-state index is 8.38. The normalized spacial score (nSPS) is 22.9. The summed E-state index contributed by atoms with van der Waals surface area (Å²) in [6.07, 6.45) is 6.83. The van der Waals surface area contributed by atoms with E-state index in [-0.39, 0.29) is 19.2 Å². The third kappa shape index (κ3) is 9.29. The number of hydrogen-bond acceptors (Lipinski definition) is 5.